The molecule has 0 saturated carbocycles. The Labute approximate surface area is 114 Å². The van der Waals surface area contributed by atoms with Crippen molar-refractivity contribution in [3.63, 3.8) is 0 Å². The number of urea groups is 1. The summed E-state index contributed by atoms with van der Waals surface area (Å²) in [5, 5.41) is 5.70. The zero-order valence-electron chi connectivity index (χ0n) is 11.6. The number of carbonyl (C=O) groups is 1. The molecule has 1 aromatic carbocycles. The Morgan fingerprint density at radius 3 is 2.89 bits per heavy atom. The van der Waals surface area contributed by atoms with E-state index in [-0.39, 0.29) is 12.1 Å². The lowest BCUT2D eigenvalue weighted by molar-refractivity contribution is 0.163. The van der Waals surface area contributed by atoms with Gasteiger partial charge in [0.05, 0.1) is 12.6 Å². The molecule has 5 heteroatoms. The van der Waals surface area contributed by atoms with E-state index in [4.69, 9.17) is 10.5 Å². The van der Waals surface area contributed by atoms with Gasteiger partial charge in [-0.05, 0) is 24.1 Å². The number of ether oxygens (including phenoxy) is 1. The summed E-state index contributed by atoms with van der Waals surface area (Å²) < 4.78 is 5.09. The van der Waals surface area contributed by atoms with E-state index in [1.165, 1.54) is 0 Å². The van der Waals surface area contributed by atoms with Gasteiger partial charge in [-0.25, -0.2) is 4.79 Å². The number of hydrogen-bond acceptors (Lipinski definition) is 3. The summed E-state index contributed by atoms with van der Waals surface area (Å²) in [7, 11) is 1.63. The predicted octanol–water partition coefficient (Wildman–Crippen LogP) is 2.08. The van der Waals surface area contributed by atoms with Crippen LogP contribution in [0, 0.1) is 0 Å². The van der Waals surface area contributed by atoms with Crippen LogP contribution < -0.4 is 16.4 Å². The fourth-order valence-electron chi connectivity index (χ4n) is 1.88. The Morgan fingerprint density at radius 2 is 2.26 bits per heavy atom. The zero-order valence-corrected chi connectivity index (χ0v) is 11.6. The third-order valence-electron chi connectivity index (χ3n) is 2.76. The molecule has 2 amide bonds. The molecule has 0 heterocycles. The van der Waals surface area contributed by atoms with Crippen LogP contribution in [0.1, 0.15) is 25.3 Å². The molecule has 5 nitrogen and oxygen atoms in total. The summed E-state index contributed by atoms with van der Waals surface area (Å²) >= 11 is 0. The summed E-state index contributed by atoms with van der Waals surface area (Å²) in [4.78, 5) is 11.9. The van der Waals surface area contributed by atoms with Crippen LogP contribution in [0.15, 0.2) is 24.3 Å². The van der Waals surface area contributed by atoms with Crippen molar-refractivity contribution in [2.24, 2.45) is 5.73 Å². The summed E-state index contributed by atoms with van der Waals surface area (Å²) in [6, 6.07) is 7.32. The van der Waals surface area contributed by atoms with Crippen LogP contribution >= 0.6 is 0 Å². The molecule has 0 fully saturated rings. The maximum Gasteiger partial charge on any atom is 0.319 e. The maximum atomic E-state index is 11.9. The minimum Gasteiger partial charge on any atom is -0.383 e. The predicted molar refractivity (Wildman–Crippen MR) is 77.1 cm³/mol. The first-order valence-corrected chi connectivity index (χ1v) is 6.55. The minimum absolute atomic E-state index is 0.0349. The fourth-order valence-corrected chi connectivity index (χ4v) is 1.88. The number of nitrogens with one attached hydrogen (secondary N) is 2. The number of anilines is 1. The minimum atomic E-state index is -0.218. The van der Waals surface area contributed by atoms with Crippen LogP contribution in [-0.4, -0.2) is 25.8 Å². The van der Waals surface area contributed by atoms with Crippen molar-refractivity contribution < 1.29 is 9.53 Å². The molecule has 19 heavy (non-hydrogen) atoms. The highest BCUT2D eigenvalue weighted by Crippen LogP contribution is 2.10. The number of amides is 2. The van der Waals surface area contributed by atoms with E-state index in [2.05, 4.69) is 17.6 Å². The number of carbonyl (C=O) groups excluding carboxylic acids is 1. The monoisotopic (exact) mass is 265 g/mol. The smallest absolute Gasteiger partial charge is 0.319 e. The molecule has 0 aliphatic heterocycles. The van der Waals surface area contributed by atoms with Crippen LogP contribution in [0.25, 0.3) is 0 Å². The summed E-state index contributed by atoms with van der Waals surface area (Å²) in [6.07, 6.45) is 1.89. The largest absolute Gasteiger partial charge is 0.383 e. The lowest BCUT2D eigenvalue weighted by Gasteiger charge is -2.17. The van der Waals surface area contributed by atoms with Crippen LogP contribution in [0.2, 0.25) is 0 Å². The highest BCUT2D eigenvalue weighted by molar-refractivity contribution is 5.89. The number of nitrogens with two attached hydrogens (primary N) is 1. The van der Waals surface area contributed by atoms with E-state index < -0.39 is 0 Å². The van der Waals surface area contributed by atoms with Crippen molar-refractivity contribution >= 4 is 11.7 Å². The highest BCUT2D eigenvalue weighted by Gasteiger charge is 2.11. The SMILES string of the molecule is CCCC(COC)NC(=O)Nc1cccc(CN)c1. The van der Waals surface area contributed by atoms with Crippen molar-refractivity contribution in [3.05, 3.63) is 29.8 Å². The molecule has 1 aromatic rings. The Balaban J connectivity index is 2.53. The van der Waals surface area contributed by atoms with E-state index in [0.29, 0.717) is 13.2 Å². The van der Waals surface area contributed by atoms with Crippen molar-refractivity contribution in [1.29, 1.82) is 0 Å². The Bertz CT molecular complexity index is 390. The molecular formula is C14H23N3O2. The highest BCUT2D eigenvalue weighted by atomic mass is 16.5. The number of benzene rings is 1. The van der Waals surface area contributed by atoms with Gasteiger partial charge in [0.15, 0.2) is 0 Å². The molecular weight excluding hydrogens is 242 g/mol. The standard InChI is InChI=1S/C14H23N3O2/c1-3-5-13(10-19-2)17-14(18)16-12-7-4-6-11(8-12)9-15/h4,6-8,13H,3,5,9-10,15H2,1-2H3,(H2,16,17,18). The Kier molecular flexibility index (Phi) is 6.92. The third kappa shape index (κ3) is 5.72. The van der Waals surface area contributed by atoms with Gasteiger partial charge in [0.2, 0.25) is 0 Å². The quantitative estimate of drug-likeness (QED) is 0.706. The lowest BCUT2D eigenvalue weighted by atomic mass is 10.2. The summed E-state index contributed by atoms with van der Waals surface area (Å²) in [6.45, 7) is 3.05. The van der Waals surface area contributed by atoms with Gasteiger partial charge in [0, 0.05) is 19.3 Å². The van der Waals surface area contributed by atoms with Gasteiger partial charge >= 0.3 is 6.03 Å². The Morgan fingerprint density at radius 1 is 1.47 bits per heavy atom. The van der Waals surface area contributed by atoms with Crippen LogP contribution in [0.4, 0.5) is 10.5 Å². The lowest BCUT2D eigenvalue weighted by Crippen LogP contribution is -2.40. The van der Waals surface area contributed by atoms with Crippen LogP contribution in [0.3, 0.4) is 0 Å². The van der Waals surface area contributed by atoms with Crippen molar-refractivity contribution in [2.75, 3.05) is 19.0 Å². The summed E-state index contributed by atoms with van der Waals surface area (Å²) in [5.41, 5.74) is 7.29. The fraction of sp³-hybridized carbons (Fsp3) is 0.500. The van der Waals surface area contributed by atoms with Crippen LogP contribution in [0.5, 0.6) is 0 Å². The molecule has 0 aromatic heterocycles. The van der Waals surface area contributed by atoms with E-state index >= 15 is 0 Å². The summed E-state index contributed by atoms with van der Waals surface area (Å²) in [5.74, 6) is 0. The maximum absolute atomic E-state index is 11.9. The van der Waals surface area contributed by atoms with E-state index in [9.17, 15) is 4.79 Å². The molecule has 0 saturated heterocycles. The van der Waals surface area contributed by atoms with Crippen molar-refractivity contribution in [2.45, 2.75) is 32.4 Å². The van der Waals surface area contributed by atoms with Gasteiger partial charge in [-0.2, -0.15) is 0 Å². The second-order valence-corrected chi connectivity index (χ2v) is 4.44. The van der Waals surface area contributed by atoms with Gasteiger partial charge < -0.3 is 21.1 Å². The molecule has 106 valence electrons. The van der Waals surface area contributed by atoms with E-state index in [1.54, 1.807) is 7.11 Å². The van der Waals surface area contributed by atoms with Gasteiger partial charge in [0.25, 0.3) is 0 Å². The topological polar surface area (TPSA) is 76.4 Å². The first-order chi connectivity index (χ1) is 9.19. The van der Waals surface area contributed by atoms with E-state index in [1.807, 2.05) is 24.3 Å². The molecule has 1 unspecified atom stereocenters. The average Bonchev–Trinajstić information content (AvgIpc) is 2.39. The van der Waals surface area contributed by atoms with Crippen molar-refractivity contribution in [3.8, 4) is 0 Å². The number of rotatable bonds is 7. The van der Waals surface area contributed by atoms with Gasteiger partial charge in [-0.3, -0.25) is 0 Å². The van der Waals surface area contributed by atoms with Gasteiger partial charge in [0.1, 0.15) is 0 Å². The molecule has 0 spiro atoms. The van der Waals surface area contributed by atoms with Crippen LogP contribution in [-0.2, 0) is 11.3 Å². The second kappa shape index (κ2) is 8.50. The normalized spacial score (nSPS) is 11.9. The third-order valence-corrected chi connectivity index (χ3v) is 2.76. The molecule has 4 N–H and O–H groups in total. The van der Waals surface area contributed by atoms with E-state index in [0.717, 1.165) is 24.1 Å². The molecule has 0 bridgehead atoms. The first-order valence-electron chi connectivity index (χ1n) is 6.55. The van der Waals surface area contributed by atoms with Crippen molar-refractivity contribution in [1.82, 2.24) is 5.32 Å². The zero-order chi connectivity index (χ0) is 14.1. The first kappa shape index (κ1) is 15.5. The molecule has 1 atom stereocenters. The van der Waals surface area contributed by atoms with Gasteiger partial charge in [-0.1, -0.05) is 25.5 Å². The molecule has 0 aliphatic carbocycles. The Hall–Kier alpha value is -1.59. The molecule has 1 rings (SSSR count). The molecule has 0 radical (unpaired) electrons. The second-order valence-electron chi connectivity index (χ2n) is 4.44. The number of hydrogen-bond donors (Lipinski definition) is 3. The average molecular weight is 265 g/mol. The van der Waals surface area contributed by atoms with Gasteiger partial charge in [-0.15, -0.1) is 0 Å². The molecule has 0 aliphatic rings. The number of methoxy groups -OCH3 is 1.